The fourth-order valence-electron chi connectivity index (χ4n) is 4.76. The molecule has 0 aromatic rings. The van der Waals surface area contributed by atoms with Gasteiger partial charge in [0.1, 0.15) is 6.04 Å². The Hall–Kier alpha value is -1.43. The first-order chi connectivity index (χ1) is 11.9. The number of nitrogens with zero attached hydrogens (tertiary/aromatic N) is 2. The molecule has 3 rings (SSSR count). The molecule has 0 aromatic carbocycles. The molecule has 2 amide bonds. The minimum absolute atomic E-state index is 0.00300. The lowest BCUT2D eigenvalue weighted by molar-refractivity contribution is -0.138. The molecular formula is C19H31N3O3. The average Bonchev–Trinajstić information content (AvgIpc) is 3.15. The molecule has 0 aromatic heterocycles. The summed E-state index contributed by atoms with van der Waals surface area (Å²) in [5.41, 5.74) is 6.05. The maximum Gasteiger partial charge on any atom is 0.240 e. The molecule has 3 unspecified atom stereocenters. The topological polar surface area (TPSA) is 83.7 Å². The lowest BCUT2D eigenvalue weighted by Crippen LogP contribution is -2.50. The zero-order valence-electron chi connectivity index (χ0n) is 15.4. The molecule has 3 atom stereocenters. The Bertz CT molecular complexity index is 542. The van der Waals surface area contributed by atoms with Gasteiger partial charge in [-0.3, -0.25) is 14.4 Å². The molecule has 0 radical (unpaired) electrons. The molecule has 2 aliphatic heterocycles. The van der Waals surface area contributed by atoms with E-state index >= 15 is 0 Å². The van der Waals surface area contributed by atoms with Crippen molar-refractivity contribution in [3.05, 3.63) is 0 Å². The Morgan fingerprint density at radius 3 is 2.44 bits per heavy atom. The van der Waals surface area contributed by atoms with Gasteiger partial charge < -0.3 is 15.5 Å². The van der Waals surface area contributed by atoms with Gasteiger partial charge in [0, 0.05) is 12.5 Å². The first-order valence-corrected chi connectivity index (χ1v) is 9.79. The van der Waals surface area contributed by atoms with Crippen molar-refractivity contribution in [1.82, 2.24) is 9.80 Å². The van der Waals surface area contributed by atoms with E-state index in [0.29, 0.717) is 25.3 Å². The van der Waals surface area contributed by atoms with E-state index in [-0.39, 0.29) is 36.1 Å². The number of hydrogen-bond donors (Lipinski definition) is 1. The van der Waals surface area contributed by atoms with Gasteiger partial charge in [-0.25, -0.2) is 0 Å². The van der Waals surface area contributed by atoms with Gasteiger partial charge in [0.15, 0.2) is 5.78 Å². The number of rotatable bonds is 4. The van der Waals surface area contributed by atoms with Crippen LogP contribution in [0.5, 0.6) is 0 Å². The molecule has 0 bridgehead atoms. The van der Waals surface area contributed by atoms with Crippen LogP contribution in [0, 0.1) is 11.8 Å². The van der Waals surface area contributed by atoms with E-state index in [4.69, 9.17) is 5.73 Å². The van der Waals surface area contributed by atoms with Crippen molar-refractivity contribution >= 4 is 17.6 Å². The Morgan fingerprint density at radius 2 is 1.80 bits per heavy atom. The van der Waals surface area contributed by atoms with Crippen molar-refractivity contribution in [3.63, 3.8) is 0 Å². The molecule has 6 nitrogen and oxygen atoms in total. The van der Waals surface area contributed by atoms with Crippen LogP contribution in [0.4, 0.5) is 0 Å². The van der Waals surface area contributed by atoms with Crippen LogP contribution in [-0.4, -0.2) is 58.6 Å². The second-order valence-electron chi connectivity index (χ2n) is 8.34. The second-order valence-corrected chi connectivity index (χ2v) is 8.34. The SMILES string of the molecule is CC(C)CC(N)C(=O)N1CCC2C1C(=O)CN2C(=O)C1CCCCC1. The number of Topliss-reactive ketones (excluding diaryl/α,β-unsaturated/α-hetero) is 1. The third kappa shape index (κ3) is 3.59. The second kappa shape index (κ2) is 7.44. The van der Waals surface area contributed by atoms with Gasteiger partial charge in [0.05, 0.1) is 18.6 Å². The number of likely N-dealkylation sites (tertiary alicyclic amines) is 2. The van der Waals surface area contributed by atoms with E-state index in [9.17, 15) is 14.4 Å². The largest absolute Gasteiger partial charge is 0.329 e. The van der Waals surface area contributed by atoms with Crippen molar-refractivity contribution in [1.29, 1.82) is 0 Å². The molecule has 2 N–H and O–H groups in total. The van der Waals surface area contributed by atoms with Crippen LogP contribution in [-0.2, 0) is 14.4 Å². The lowest BCUT2D eigenvalue weighted by atomic mass is 9.88. The summed E-state index contributed by atoms with van der Waals surface area (Å²) < 4.78 is 0. The molecule has 25 heavy (non-hydrogen) atoms. The van der Waals surface area contributed by atoms with Gasteiger partial charge in [0.25, 0.3) is 0 Å². The van der Waals surface area contributed by atoms with Crippen molar-refractivity contribution in [2.24, 2.45) is 17.6 Å². The predicted octanol–water partition coefficient (Wildman–Crippen LogP) is 1.32. The molecule has 3 fully saturated rings. The van der Waals surface area contributed by atoms with E-state index in [1.165, 1.54) is 6.42 Å². The van der Waals surface area contributed by atoms with Crippen molar-refractivity contribution < 1.29 is 14.4 Å². The molecule has 2 heterocycles. The summed E-state index contributed by atoms with van der Waals surface area (Å²) in [6.45, 7) is 4.75. The molecule has 1 saturated carbocycles. The summed E-state index contributed by atoms with van der Waals surface area (Å²) in [4.78, 5) is 41.6. The number of carbonyl (C=O) groups is 3. The third-order valence-electron chi connectivity index (χ3n) is 5.99. The van der Waals surface area contributed by atoms with Crippen molar-refractivity contribution in [2.75, 3.05) is 13.1 Å². The molecule has 0 spiro atoms. The van der Waals surface area contributed by atoms with Gasteiger partial charge >= 0.3 is 0 Å². The standard InChI is InChI=1S/C19H31N3O3/c1-12(2)10-14(20)19(25)21-9-8-15-17(21)16(23)11-22(15)18(24)13-6-4-3-5-7-13/h12-15,17H,3-11,20H2,1-2H3. The van der Waals surface area contributed by atoms with Crippen LogP contribution in [0.1, 0.15) is 58.8 Å². The summed E-state index contributed by atoms with van der Waals surface area (Å²) in [7, 11) is 0. The van der Waals surface area contributed by atoms with Crippen LogP contribution < -0.4 is 5.73 Å². The number of nitrogens with two attached hydrogens (primary N) is 1. The average molecular weight is 349 g/mol. The minimum Gasteiger partial charge on any atom is -0.329 e. The quantitative estimate of drug-likeness (QED) is 0.830. The summed E-state index contributed by atoms with van der Waals surface area (Å²) in [5.74, 6) is 0.383. The van der Waals surface area contributed by atoms with E-state index in [0.717, 1.165) is 25.7 Å². The molecule has 2 saturated heterocycles. The van der Waals surface area contributed by atoms with Crippen LogP contribution in [0.25, 0.3) is 0 Å². The minimum atomic E-state index is -0.561. The fraction of sp³-hybridized carbons (Fsp3) is 0.842. The highest BCUT2D eigenvalue weighted by atomic mass is 16.2. The van der Waals surface area contributed by atoms with E-state index < -0.39 is 12.1 Å². The number of ketones is 1. The zero-order chi connectivity index (χ0) is 18.1. The van der Waals surface area contributed by atoms with Crippen LogP contribution in [0.15, 0.2) is 0 Å². The van der Waals surface area contributed by atoms with Gasteiger partial charge in [-0.05, 0) is 31.6 Å². The first kappa shape index (κ1) is 18.4. The van der Waals surface area contributed by atoms with Crippen LogP contribution >= 0.6 is 0 Å². The molecule has 6 heteroatoms. The smallest absolute Gasteiger partial charge is 0.240 e. The fourth-order valence-corrected chi connectivity index (χ4v) is 4.76. The normalized spacial score (nSPS) is 28.6. The van der Waals surface area contributed by atoms with E-state index in [1.54, 1.807) is 9.80 Å². The van der Waals surface area contributed by atoms with Gasteiger partial charge in [-0.15, -0.1) is 0 Å². The molecule has 3 aliphatic rings. The van der Waals surface area contributed by atoms with Crippen molar-refractivity contribution in [2.45, 2.75) is 76.9 Å². The number of amides is 2. The lowest BCUT2D eigenvalue weighted by Gasteiger charge is -2.30. The summed E-state index contributed by atoms with van der Waals surface area (Å²) in [6.07, 6.45) is 6.57. The van der Waals surface area contributed by atoms with E-state index in [2.05, 4.69) is 0 Å². The number of carbonyl (C=O) groups excluding carboxylic acids is 3. The Balaban J connectivity index is 1.69. The molecule has 1 aliphatic carbocycles. The Kier molecular flexibility index (Phi) is 5.46. The number of hydrogen-bond acceptors (Lipinski definition) is 4. The zero-order valence-corrected chi connectivity index (χ0v) is 15.4. The summed E-state index contributed by atoms with van der Waals surface area (Å²) in [5, 5.41) is 0. The highest BCUT2D eigenvalue weighted by Crippen LogP contribution is 2.34. The Morgan fingerprint density at radius 1 is 1.12 bits per heavy atom. The van der Waals surface area contributed by atoms with Gasteiger partial charge in [-0.1, -0.05) is 33.1 Å². The third-order valence-corrected chi connectivity index (χ3v) is 5.99. The maximum absolute atomic E-state index is 12.9. The first-order valence-electron chi connectivity index (χ1n) is 9.79. The van der Waals surface area contributed by atoms with Gasteiger partial charge in [0.2, 0.25) is 11.8 Å². The van der Waals surface area contributed by atoms with E-state index in [1.807, 2.05) is 13.8 Å². The van der Waals surface area contributed by atoms with Gasteiger partial charge in [-0.2, -0.15) is 0 Å². The highest BCUT2D eigenvalue weighted by Gasteiger charge is 2.52. The Labute approximate surface area is 150 Å². The number of fused-ring (bicyclic) bond motifs is 1. The van der Waals surface area contributed by atoms with Crippen LogP contribution in [0.3, 0.4) is 0 Å². The summed E-state index contributed by atoms with van der Waals surface area (Å²) >= 11 is 0. The van der Waals surface area contributed by atoms with Crippen LogP contribution in [0.2, 0.25) is 0 Å². The maximum atomic E-state index is 12.9. The molecular weight excluding hydrogens is 318 g/mol. The summed E-state index contributed by atoms with van der Waals surface area (Å²) in [6, 6.07) is -1.18. The van der Waals surface area contributed by atoms with Crippen molar-refractivity contribution in [3.8, 4) is 0 Å². The molecule has 140 valence electrons. The highest BCUT2D eigenvalue weighted by molar-refractivity contribution is 5.98. The predicted molar refractivity (Wildman–Crippen MR) is 94.6 cm³/mol. The monoisotopic (exact) mass is 349 g/mol.